The predicted octanol–water partition coefficient (Wildman–Crippen LogP) is 2.80. The molecule has 1 aromatic carbocycles. The van der Waals surface area contributed by atoms with Crippen LogP contribution in [0.4, 0.5) is 0 Å². The van der Waals surface area contributed by atoms with E-state index in [2.05, 4.69) is 10.4 Å². The first-order valence-corrected chi connectivity index (χ1v) is 9.66. The van der Waals surface area contributed by atoms with Gasteiger partial charge in [-0.15, -0.1) is 0 Å². The number of benzene rings is 1. The van der Waals surface area contributed by atoms with Crippen molar-refractivity contribution in [2.45, 2.75) is 58.6 Å². The van der Waals surface area contributed by atoms with E-state index in [4.69, 9.17) is 9.84 Å². The fourth-order valence-corrected chi connectivity index (χ4v) is 3.65. The molecule has 2 unspecified atom stereocenters. The summed E-state index contributed by atoms with van der Waals surface area (Å²) in [6.07, 6.45) is 2.63. The Balaban J connectivity index is 1.71. The molecule has 0 spiro atoms. The number of aliphatic carboxylic acids is 1. The minimum atomic E-state index is -0.820. The van der Waals surface area contributed by atoms with Crippen LogP contribution in [0.15, 0.2) is 24.3 Å². The molecule has 1 saturated heterocycles. The fraction of sp³-hybridized carbons (Fsp3) is 0.476. The van der Waals surface area contributed by atoms with E-state index in [-0.39, 0.29) is 24.5 Å². The van der Waals surface area contributed by atoms with Crippen molar-refractivity contribution < 1.29 is 19.4 Å². The second-order valence-corrected chi connectivity index (χ2v) is 7.32. The van der Waals surface area contributed by atoms with Crippen molar-refractivity contribution in [1.29, 1.82) is 0 Å². The molecule has 0 bridgehead atoms. The molecule has 150 valence electrons. The fourth-order valence-electron chi connectivity index (χ4n) is 3.65. The van der Waals surface area contributed by atoms with E-state index < -0.39 is 5.97 Å². The standard InChI is InChI=1S/C21H27N3O4/c1-13-18(10-11-20(25)26)15(3)24(23-13)17-8-6-16(7-9-17)21(27)22-14(2)19-5-4-12-28-19/h6-9,14,19H,4-5,10-12H2,1-3H3,(H,22,27)(H,25,26). The largest absolute Gasteiger partial charge is 0.481 e. The van der Waals surface area contributed by atoms with E-state index >= 15 is 0 Å². The third-order valence-electron chi connectivity index (χ3n) is 5.29. The van der Waals surface area contributed by atoms with Crippen molar-refractivity contribution in [2.75, 3.05) is 6.61 Å². The summed E-state index contributed by atoms with van der Waals surface area (Å²) in [5.74, 6) is -0.941. The smallest absolute Gasteiger partial charge is 0.303 e. The summed E-state index contributed by atoms with van der Waals surface area (Å²) in [4.78, 5) is 23.3. The first kappa shape index (κ1) is 20.1. The molecule has 1 aromatic heterocycles. The maximum atomic E-state index is 12.5. The summed E-state index contributed by atoms with van der Waals surface area (Å²) in [6, 6.07) is 7.24. The molecule has 1 aliphatic rings. The molecule has 28 heavy (non-hydrogen) atoms. The van der Waals surface area contributed by atoms with Gasteiger partial charge in [-0.3, -0.25) is 9.59 Å². The van der Waals surface area contributed by atoms with Gasteiger partial charge >= 0.3 is 5.97 Å². The maximum Gasteiger partial charge on any atom is 0.303 e. The van der Waals surface area contributed by atoms with Gasteiger partial charge in [0.2, 0.25) is 0 Å². The summed E-state index contributed by atoms with van der Waals surface area (Å²) in [6.45, 7) is 6.55. The molecule has 0 aliphatic carbocycles. The average molecular weight is 385 g/mol. The molecule has 0 saturated carbocycles. The molecule has 2 aromatic rings. The average Bonchev–Trinajstić information content (AvgIpc) is 3.29. The van der Waals surface area contributed by atoms with Crippen LogP contribution in [0, 0.1) is 13.8 Å². The van der Waals surface area contributed by atoms with E-state index in [1.54, 1.807) is 16.8 Å². The van der Waals surface area contributed by atoms with E-state index in [0.717, 1.165) is 42.1 Å². The minimum Gasteiger partial charge on any atom is -0.481 e. The number of carbonyl (C=O) groups is 2. The number of aryl methyl sites for hydroxylation is 1. The molecular weight excluding hydrogens is 358 g/mol. The minimum absolute atomic E-state index is 0.0255. The molecule has 1 amide bonds. The lowest BCUT2D eigenvalue weighted by molar-refractivity contribution is -0.136. The molecule has 3 rings (SSSR count). The summed E-state index contributed by atoms with van der Waals surface area (Å²) < 4.78 is 7.42. The van der Waals surface area contributed by atoms with Crippen molar-refractivity contribution >= 4 is 11.9 Å². The normalized spacial score (nSPS) is 17.5. The molecule has 1 aliphatic heterocycles. The number of carboxylic acids is 1. The summed E-state index contributed by atoms with van der Waals surface area (Å²) in [5, 5.41) is 16.5. The van der Waals surface area contributed by atoms with Gasteiger partial charge in [-0.2, -0.15) is 5.10 Å². The van der Waals surface area contributed by atoms with Crippen LogP contribution in [0.1, 0.15) is 53.5 Å². The molecular formula is C21H27N3O4. The summed E-state index contributed by atoms with van der Waals surface area (Å²) in [7, 11) is 0. The Morgan fingerprint density at radius 1 is 1.32 bits per heavy atom. The first-order chi connectivity index (χ1) is 13.4. The second kappa shape index (κ2) is 8.56. The highest BCUT2D eigenvalue weighted by Gasteiger charge is 2.24. The second-order valence-electron chi connectivity index (χ2n) is 7.32. The zero-order valence-corrected chi connectivity index (χ0v) is 16.6. The lowest BCUT2D eigenvalue weighted by Gasteiger charge is -2.20. The molecule has 0 radical (unpaired) electrons. The highest BCUT2D eigenvalue weighted by molar-refractivity contribution is 5.94. The number of amides is 1. The first-order valence-electron chi connectivity index (χ1n) is 9.66. The Labute approximate surface area is 164 Å². The van der Waals surface area contributed by atoms with Crippen LogP contribution in [0.3, 0.4) is 0 Å². The van der Waals surface area contributed by atoms with Crippen LogP contribution in [0.5, 0.6) is 0 Å². The van der Waals surface area contributed by atoms with E-state index in [9.17, 15) is 9.59 Å². The molecule has 2 heterocycles. The monoisotopic (exact) mass is 385 g/mol. The Hall–Kier alpha value is -2.67. The van der Waals surface area contributed by atoms with Crippen molar-refractivity contribution in [3.05, 3.63) is 46.8 Å². The van der Waals surface area contributed by atoms with E-state index in [1.807, 2.05) is 32.9 Å². The van der Waals surface area contributed by atoms with Gasteiger partial charge in [-0.1, -0.05) is 0 Å². The third kappa shape index (κ3) is 4.42. The highest BCUT2D eigenvalue weighted by Crippen LogP contribution is 2.20. The van der Waals surface area contributed by atoms with Gasteiger partial charge in [0, 0.05) is 24.3 Å². The van der Waals surface area contributed by atoms with Crippen LogP contribution in [0.2, 0.25) is 0 Å². The number of hydrogen-bond donors (Lipinski definition) is 2. The Kier molecular flexibility index (Phi) is 6.14. The zero-order chi connectivity index (χ0) is 20.3. The van der Waals surface area contributed by atoms with Crippen molar-refractivity contribution in [1.82, 2.24) is 15.1 Å². The van der Waals surface area contributed by atoms with Gasteiger partial charge in [-0.05, 0) is 69.9 Å². The number of nitrogens with one attached hydrogen (secondary N) is 1. The van der Waals surface area contributed by atoms with E-state index in [1.165, 1.54) is 0 Å². The van der Waals surface area contributed by atoms with Gasteiger partial charge in [0.15, 0.2) is 0 Å². The lowest BCUT2D eigenvalue weighted by atomic mass is 10.1. The quantitative estimate of drug-likeness (QED) is 0.764. The van der Waals surface area contributed by atoms with Gasteiger partial charge in [0.25, 0.3) is 5.91 Å². The van der Waals surface area contributed by atoms with Gasteiger partial charge in [-0.25, -0.2) is 4.68 Å². The van der Waals surface area contributed by atoms with Crippen molar-refractivity contribution in [3.8, 4) is 5.69 Å². The van der Waals surface area contributed by atoms with Crippen LogP contribution in [0.25, 0.3) is 5.69 Å². The Morgan fingerprint density at radius 3 is 2.64 bits per heavy atom. The Bertz CT molecular complexity index is 851. The molecule has 1 fully saturated rings. The van der Waals surface area contributed by atoms with Gasteiger partial charge < -0.3 is 15.2 Å². The van der Waals surface area contributed by atoms with E-state index in [0.29, 0.717) is 12.0 Å². The third-order valence-corrected chi connectivity index (χ3v) is 5.29. The van der Waals surface area contributed by atoms with Gasteiger partial charge in [0.05, 0.1) is 23.5 Å². The van der Waals surface area contributed by atoms with Crippen LogP contribution < -0.4 is 5.32 Å². The number of ether oxygens (including phenoxy) is 1. The number of carboxylic acid groups (broad SMARTS) is 1. The maximum absolute atomic E-state index is 12.5. The zero-order valence-electron chi connectivity index (χ0n) is 16.6. The Morgan fingerprint density at radius 2 is 2.04 bits per heavy atom. The number of carbonyl (C=O) groups excluding carboxylic acids is 1. The summed E-state index contributed by atoms with van der Waals surface area (Å²) >= 11 is 0. The molecule has 7 heteroatoms. The van der Waals surface area contributed by atoms with Crippen molar-refractivity contribution in [3.63, 3.8) is 0 Å². The number of hydrogen-bond acceptors (Lipinski definition) is 4. The van der Waals surface area contributed by atoms with Gasteiger partial charge in [0.1, 0.15) is 0 Å². The summed E-state index contributed by atoms with van der Waals surface area (Å²) in [5.41, 5.74) is 4.12. The lowest BCUT2D eigenvalue weighted by Crippen LogP contribution is -2.40. The topological polar surface area (TPSA) is 93.5 Å². The SMILES string of the molecule is Cc1nn(-c2ccc(C(=O)NC(C)C3CCCO3)cc2)c(C)c1CCC(=O)O. The van der Waals surface area contributed by atoms with Crippen LogP contribution in [-0.2, 0) is 16.0 Å². The molecule has 2 N–H and O–H groups in total. The van der Waals surface area contributed by atoms with Crippen LogP contribution in [-0.4, -0.2) is 45.5 Å². The number of nitrogens with zero attached hydrogens (tertiary/aromatic N) is 2. The number of aromatic nitrogens is 2. The highest BCUT2D eigenvalue weighted by atomic mass is 16.5. The predicted molar refractivity (Wildman–Crippen MR) is 105 cm³/mol. The molecule has 2 atom stereocenters. The molecule has 7 nitrogen and oxygen atoms in total. The number of rotatable bonds is 7. The van der Waals surface area contributed by atoms with Crippen molar-refractivity contribution in [2.24, 2.45) is 0 Å². The van der Waals surface area contributed by atoms with Crippen LogP contribution >= 0.6 is 0 Å².